The molecule has 0 aromatic carbocycles. The van der Waals surface area contributed by atoms with Crippen molar-refractivity contribution < 1.29 is 32.7 Å². The standard InChI is InChI=1S/C5H11N.C3H9N.C2H6.Y/c1-4-6(3)5-2;1-4(2)3;1-2;/h1-2,4-5H2,3H3;1-3H3;1-2H3;/q-2;;;. The molecule has 0 aliphatic carbocycles. The molecule has 0 aliphatic heterocycles. The van der Waals surface area contributed by atoms with Crippen molar-refractivity contribution >= 4 is 0 Å². The molecule has 0 N–H and O–H groups in total. The summed E-state index contributed by atoms with van der Waals surface area (Å²) in [6, 6.07) is 0. The summed E-state index contributed by atoms with van der Waals surface area (Å²) < 4.78 is 0. The van der Waals surface area contributed by atoms with Crippen molar-refractivity contribution in [1.82, 2.24) is 9.80 Å². The summed E-state index contributed by atoms with van der Waals surface area (Å²) in [5.41, 5.74) is 0. The van der Waals surface area contributed by atoms with Crippen molar-refractivity contribution in [3.8, 4) is 0 Å². The largest absolute Gasteiger partial charge is 0.365 e. The van der Waals surface area contributed by atoms with Gasteiger partial charge in [0.05, 0.1) is 0 Å². The van der Waals surface area contributed by atoms with E-state index in [1.54, 1.807) is 0 Å². The molecule has 0 saturated heterocycles. The zero-order valence-corrected chi connectivity index (χ0v) is 13.1. The van der Waals surface area contributed by atoms with Crippen LogP contribution in [0.1, 0.15) is 13.8 Å². The fourth-order valence-corrected chi connectivity index (χ4v) is 0.112. The molecule has 0 unspecified atom stereocenters. The van der Waals surface area contributed by atoms with Crippen molar-refractivity contribution in [2.24, 2.45) is 0 Å². The maximum Gasteiger partial charge on any atom is 0 e. The molecule has 13 heavy (non-hydrogen) atoms. The Morgan fingerprint density at radius 2 is 1.00 bits per heavy atom. The third-order valence-electron chi connectivity index (χ3n) is 0.763. The molecule has 0 saturated carbocycles. The van der Waals surface area contributed by atoms with E-state index in [1.165, 1.54) is 0 Å². The predicted molar refractivity (Wildman–Crippen MR) is 59.2 cm³/mol. The van der Waals surface area contributed by atoms with Gasteiger partial charge in [-0.25, -0.2) is 0 Å². The average Bonchev–Trinajstić information content (AvgIpc) is 2.06. The van der Waals surface area contributed by atoms with Crippen LogP contribution in [-0.2, 0) is 32.7 Å². The van der Waals surface area contributed by atoms with Crippen LogP contribution in [0.3, 0.4) is 0 Å². The Balaban J connectivity index is -0.0000000512. The van der Waals surface area contributed by atoms with Gasteiger partial charge < -0.3 is 23.6 Å². The van der Waals surface area contributed by atoms with E-state index < -0.39 is 0 Å². The first-order valence-corrected chi connectivity index (χ1v) is 4.42. The Morgan fingerprint density at radius 1 is 0.846 bits per heavy atom. The second-order valence-electron chi connectivity index (χ2n) is 2.64. The van der Waals surface area contributed by atoms with Crippen molar-refractivity contribution in [3.05, 3.63) is 13.8 Å². The van der Waals surface area contributed by atoms with E-state index in [0.29, 0.717) is 0 Å². The van der Waals surface area contributed by atoms with Gasteiger partial charge in [0, 0.05) is 32.7 Å². The molecule has 0 amide bonds. The first kappa shape index (κ1) is 23.7. The summed E-state index contributed by atoms with van der Waals surface area (Å²) in [4.78, 5) is 4.03. The summed E-state index contributed by atoms with van der Waals surface area (Å²) >= 11 is 0. The van der Waals surface area contributed by atoms with Crippen LogP contribution in [0.15, 0.2) is 0 Å². The van der Waals surface area contributed by atoms with Gasteiger partial charge in [-0.15, -0.1) is 13.1 Å². The third kappa shape index (κ3) is 62.7. The van der Waals surface area contributed by atoms with Crippen LogP contribution in [-0.4, -0.2) is 51.1 Å². The van der Waals surface area contributed by atoms with E-state index >= 15 is 0 Å². The Bertz CT molecular complexity index is 52.1. The van der Waals surface area contributed by atoms with E-state index in [0.717, 1.165) is 13.1 Å². The van der Waals surface area contributed by atoms with Crippen LogP contribution < -0.4 is 0 Å². The zero-order valence-electron chi connectivity index (χ0n) is 10.3. The quantitative estimate of drug-likeness (QED) is 0.701. The van der Waals surface area contributed by atoms with Gasteiger partial charge in [0.25, 0.3) is 0 Å². The van der Waals surface area contributed by atoms with E-state index in [9.17, 15) is 0 Å². The molecule has 0 rings (SSSR count). The van der Waals surface area contributed by atoms with Gasteiger partial charge >= 0.3 is 0 Å². The van der Waals surface area contributed by atoms with Crippen molar-refractivity contribution in [2.75, 3.05) is 41.3 Å². The second-order valence-corrected chi connectivity index (χ2v) is 2.64. The summed E-state index contributed by atoms with van der Waals surface area (Å²) in [5, 5.41) is 0. The average molecular weight is 263 g/mol. The van der Waals surface area contributed by atoms with Gasteiger partial charge in [-0.05, 0) is 28.2 Å². The maximum atomic E-state index is 3.64. The molecule has 0 aromatic heterocycles. The Labute approximate surface area is 111 Å². The Kier molecular flexibility index (Phi) is 42.1. The van der Waals surface area contributed by atoms with Gasteiger partial charge in [0.2, 0.25) is 0 Å². The van der Waals surface area contributed by atoms with Crippen LogP contribution in [0.5, 0.6) is 0 Å². The smallest absolute Gasteiger partial charge is 0 e. The third-order valence-corrected chi connectivity index (χ3v) is 0.763. The normalized spacial score (nSPS) is 7.85. The topological polar surface area (TPSA) is 6.48 Å². The van der Waals surface area contributed by atoms with Crippen LogP contribution >= 0.6 is 0 Å². The number of nitrogens with zero attached hydrogens (tertiary/aromatic N) is 2. The molecule has 0 heterocycles. The molecule has 81 valence electrons. The zero-order chi connectivity index (χ0) is 10.6. The summed E-state index contributed by atoms with van der Waals surface area (Å²) in [7, 11) is 7.99. The van der Waals surface area contributed by atoms with Crippen LogP contribution in [0.4, 0.5) is 0 Å². The fraction of sp³-hybridized carbons (Fsp3) is 0.800. The molecule has 0 aromatic rings. The first-order valence-electron chi connectivity index (χ1n) is 4.42. The molecule has 2 nitrogen and oxygen atoms in total. The minimum atomic E-state index is 0. The van der Waals surface area contributed by atoms with E-state index in [-0.39, 0.29) is 32.7 Å². The summed E-state index contributed by atoms with van der Waals surface area (Å²) in [6.07, 6.45) is 0. The van der Waals surface area contributed by atoms with Crippen LogP contribution in [0.2, 0.25) is 0 Å². The van der Waals surface area contributed by atoms with Gasteiger partial charge in [0.1, 0.15) is 0 Å². The number of hydrogen-bond acceptors (Lipinski definition) is 2. The molecule has 0 bridgehead atoms. The minimum Gasteiger partial charge on any atom is -0.365 e. The van der Waals surface area contributed by atoms with Crippen molar-refractivity contribution in [2.45, 2.75) is 13.8 Å². The van der Waals surface area contributed by atoms with Crippen LogP contribution in [0, 0.1) is 13.8 Å². The molecule has 0 aliphatic rings. The molecule has 0 spiro atoms. The van der Waals surface area contributed by atoms with Crippen molar-refractivity contribution in [3.63, 3.8) is 0 Å². The SMILES string of the molecule is CC.CN(C)C.[CH2-]CN(C)C[CH2-].[Y]. The minimum absolute atomic E-state index is 0. The molecule has 0 fully saturated rings. The van der Waals surface area contributed by atoms with Crippen LogP contribution in [0.25, 0.3) is 0 Å². The number of rotatable bonds is 2. The number of hydrogen-bond donors (Lipinski definition) is 0. The van der Waals surface area contributed by atoms with Crippen molar-refractivity contribution in [1.29, 1.82) is 0 Å². The molecular formula is C10H26N2Y-2. The monoisotopic (exact) mass is 263 g/mol. The first-order chi connectivity index (χ1) is 5.54. The maximum absolute atomic E-state index is 3.64. The predicted octanol–water partition coefficient (Wildman–Crippen LogP) is 1.79. The molecule has 0 atom stereocenters. The van der Waals surface area contributed by atoms with Gasteiger partial charge in [-0.3, -0.25) is 0 Å². The molecule has 1 radical (unpaired) electrons. The summed E-state index contributed by atoms with van der Waals surface area (Å²) in [6.45, 7) is 13.0. The van der Waals surface area contributed by atoms with E-state index in [2.05, 4.69) is 13.8 Å². The summed E-state index contributed by atoms with van der Waals surface area (Å²) in [5.74, 6) is 0. The molecule has 3 heteroatoms. The van der Waals surface area contributed by atoms with E-state index in [4.69, 9.17) is 0 Å². The van der Waals surface area contributed by atoms with E-state index in [1.807, 2.05) is 51.8 Å². The Hall–Kier alpha value is 1.02. The Morgan fingerprint density at radius 3 is 1.00 bits per heavy atom. The van der Waals surface area contributed by atoms with Gasteiger partial charge in [-0.2, -0.15) is 0 Å². The molecular weight excluding hydrogens is 237 g/mol. The van der Waals surface area contributed by atoms with Gasteiger partial charge in [0.15, 0.2) is 0 Å². The second kappa shape index (κ2) is 23.1. The van der Waals surface area contributed by atoms with Gasteiger partial charge in [-0.1, -0.05) is 13.8 Å². The fourth-order valence-electron chi connectivity index (χ4n) is 0.112.